The molecule has 1 saturated heterocycles. The quantitative estimate of drug-likeness (QED) is 0.832. The normalized spacial score (nSPS) is 24.3. The van der Waals surface area contributed by atoms with Crippen LogP contribution in [0.25, 0.3) is 0 Å². The summed E-state index contributed by atoms with van der Waals surface area (Å²) in [5, 5.41) is 13.5. The first kappa shape index (κ1) is 15.5. The van der Waals surface area contributed by atoms with Gasteiger partial charge < -0.3 is 10.0 Å². The van der Waals surface area contributed by atoms with Gasteiger partial charge in [-0.25, -0.2) is 8.42 Å². The zero-order chi connectivity index (χ0) is 15.9. The van der Waals surface area contributed by atoms with E-state index in [0.29, 0.717) is 12.8 Å². The van der Waals surface area contributed by atoms with Gasteiger partial charge in [-0.15, -0.1) is 0 Å². The lowest BCUT2D eigenvalue weighted by molar-refractivity contribution is -0.137. The molecule has 3 heterocycles. The summed E-state index contributed by atoms with van der Waals surface area (Å²) < 4.78 is 24.8. The lowest BCUT2D eigenvalue weighted by Crippen LogP contribution is -2.28. The molecule has 0 radical (unpaired) electrons. The molecule has 1 unspecified atom stereocenters. The monoisotopic (exact) mass is 327 g/mol. The number of fused-ring (bicyclic) bond motifs is 1. The van der Waals surface area contributed by atoms with Crippen molar-refractivity contribution in [2.24, 2.45) is 5.92 Å². The number of carboxylic acid groups (broad SMARTS) is 1. The maximum atomic E-state index is 11.6. The summed E-state index contributed by atoms with van der Waals surface area (Å²) in [4.78, 5) is 13.2. The van der Waals surface area contributed by atoms with Gasteiger partial charge in [0.25, 0.3) is 0 Å². The van der Waals surface area contributed by atoms with E-state index < -0.39 is 15.8 Å². The predicted molar refractivity (Wildman–Crippen MR) is 80.4 cm³/mol. The summed E-state index contributed by atoms with van der Waals surface area (Å²) in [5.41, 5.74) is 2.97. The van der Waals surface area contributed by atoms with Crippen LogP contribution in [0.5, 0.6) is 0 Å². The molecule has 0 bridgehead atoms. The Morgan fingerprint density at radius 3 is 2.86 bits per heavy atom. The summed E-state index contributed by atoms with van der Waals surface area (Å²) in [6.07, 6.45) is 2.09. The Labute approximate surface area is 129 Å². The number of carbonyl (C=O) groups is 1. The van der Waals surface area contributed by atoms with Gasteiger partial charge >= 0.3 is 5.97 Å². The second kappa shape index (κ2) is 5.66. The van der Waals surface area contributed by atoms with E-state index in [4.69, 9.17) is 5.11 Å². The third-order valence-corrected chi connectivity index (χ3v) is 6.34. The highest BCUT2D eigenvalue weighted by Crippen LogP contribution is 2.27. The Morgan fingerprint density at radius 2 is 2.23 bits per heavy atom. The Morgan fingerprint density at radius 1 is 1.45 bits per heavy atom. The highest BCUT2D eigenvalue weighted by molar-refractivity contribution is 7.91. The molecule has 0 amide bonds. The number of aromatic nitrogens is 2. The van der Waals surface area contributed by atoms with E-state index in [1.165, 1.54) is 0 Å². The topological polar surface area (TPSA) is 92.5 Å². The largest absolute Gasteiger partial charge is 0.480 e. The molecule has 2 aliphatic heterocycles. The molecular formula is C14H21N3O4S. The molecule has 122 valence electrons. The maximum Gasteiger partial charge on any atom is 0.325 e. The van der Waals surface area contributed by atoms with E-state index in [-0.39, 0.29) is 24.0 Å². The van der Waals surface area contributed by atoms with Gasteiger partial charge in [-0.1, -0.05) is 0 Å². The van der Waals surface area contributed by atoms with Crippen molar-refractivity contribution in [3.05, 3.63) is 17.0 Å². The fourth-order valence-electron chi connectivity index (χ4n) is 3.43. The van der Waals surface area contributed by atoms with Crippen LogP contribution in [0, 0.1) is 5.92 Å². The first-order chi connectivity index (χ1) is 10.3. The van der Waals surface area contributed by atoms with Crippen molar-refractivity contribution in [2.75, 3.05) is 25.1 Å². The highest BCUT2D eigenvalue weighted by atomic mass is 32.2. The van der Waals surface area contributed by atoms with Crippen LogP contribution in [0.15, 0.2) is 0 Å². The number of sulfone groups is 1. The molecule has 0 aromatic carbocycles. The number of rotatable bonds is 4. The first-order valence-corrected chi connectivity index (χ1v) is 9.34. The van der Waals surface area contributed by atoms with Crippen molar-refractivity contribution < 1.29 is 18.3 Å². The Balaban J connectivity index is 1.87. The molecule has 1 N–H and O–H groups in total. The third kappa shape index (κ3) is 3.17. The summed E-state index contributed by atoms with van der Waals surface area (Å²) in [5.74, 6) is -0.312. The number of likely N-dealkylation sites (N-methyl/N-ethyl adjacent to an activating group) is 1. The van der Waals surface area contributed by atoms with Crippen LogP contribution >= 0.6 is 0 Å². The molecule has 1 aromatic rings. The lowest BCUT2D eigenvalue weighted by Gasteiger charge is -2.23. The standard InChI is InChI=1S/C14H21N3O4S/c1-16-4-2-13-11(7-16)12(15-17(13)8-14(18)19)6-10-3-5-22(20,21)9-10/h10H,2-9H2,1H3,(H,18,19). The average molecular weight is 327 g/mol. The fourth-order valence-corrected chi connectivity index (χ4v) is 5.29. The maximum absolute atomic E-state index is 11.6. The van der Waals surface area contributed by atoms with Crippen molar-refractivity contribution in [1.29, 1.82) is 0 Å². The second-order valence-corrected chi connectivity index (χ2v) is 8.61. The zero-order valence-electron chi connectivity index (χ0n) is 12.7. The Kier molecular flexibility index (Phi) is 3.98. The van der Waals surface area contributed by atoms with Gasteiger partial charge in [0.2, 0.25) is 0 Å². The van der Waals surface area contributed by atoms with Gasteiger partial charge in [0.15, 0.2) is 9.84 Å². The number of hydrogen-bond acceptors (Lipinski definition) is 5. The number of hydrogen-bond donors (Lipinski definition) is 1. The molecule has 2 aliphatic rings. The number of aliphatic carboxylic acids is 1. The van der Waals surface area contributed by atoms with Gasteiger partial charge in [0.1, 0.15) is 6.54 Å². The molecule has 0 aliphatic carbocycles. The van der Waals surface area contributed by atoms with E-state index >= 15 is 0 Å². The van der Waals surface area contributed by atoms with Crippen LogP contribution in [0.2, 0.25) is 0 Å². The minimum absolute atomic E-state index is 0.106. The predicted octanol–water partition coefficient (Wildman–Crippen LogP) is -0.0672. The molecule has 8 heteroatoms. The van der Waals surface area contributed by atoms with E-state index in [1.807, 2.05) is 7.05 Å². The van der Waals surface area contributed by atoms with E-state index in [9.17, 15) is 13.2 Å². The van der Waals surface area contributed by atoms with E-state index in [1.54, 1.807) is 4.68 Å². The van der Waals surface area contributed by atoms with Crippen LogP contribution in [-0.4, -0.2) is 59.3 Å². The van der Waals surface area contributed by atoms with Crippen LogP contribution in [-0.2, 0) is 40.6 Å². The molecule has 1 aromatic heterocycles. The van der Waals surface area contributed by atoms with Crippen LogP contribution in [0.4, 0.5) is 0 Å². The van der Waals surface area contributed by atoms with Gasteiger partial charge in [-0.2, -0.15) is 5.10 Å². The van der Waals surface area contributed by atoms with Crippen molar-refractivity contribution >= 4 is 15.8 Å². The molecule has 3 rings (SSSR count). The average Bonchev–Trinajstić information content (AvgIpc) is 2.90. The van der Waals surface area contributed by atoms with E-state index in [2.05, 4.69) is 10.00 Å². The zero-order valence-corrected chi connectivity index (χ0v) is 13.5. The Bertz CT molecular complexity index is 695. The summed E-state index contributed by atoms with van der Waals surface area (Å²) >= 11 is 0. The molecule has 7 nitrogen and oxygen atoms in total. The summed E-state index contributed by atoms with van der Waals surface area (Å²) in [7, 11) is -0.870. The molecular weight excluding hydrogens is 306 g/mol. The second-order valence-electron chi connectivity index (χ2n) is 6.38. The highest BCUT2D eigenvalue weighted by Gasteiger charge is 2.31. The van der Waals surface area contributed by atoms with E-state index in [0.717, 1.165) is 36.5 Å². The molecule has 0 saturated carbocycles. The van der Waals surface area contributed by atoms with Crippen molar-refractivity contribution in [3.63, 3.8) is 0 Å². The van der Waals surface area contributed by atoms with Gasteiger partial charge in [-0.3, -0.25) is 9.48 Å². The van der Waals surface area contributed by atoms with Crippen LogP contribution in [0.1, 0.15) is 23.4 Å². The van der Waals surface area contributed by atoms with Crippen molar-refractivity contribution in [3.8, 4) is 0 Å². The molecule has 1 atom stereocenters. The van der Waals surface area contributed by atoms with Gasteiger partial charge in [0.05, 0.1) is 17.2 Å². The molecule has 0 spiro atoms. The Hall–Kier alpha value is -1.41. The van der Waals surface area contributed by atoms with Crippen molar-refractivity contribution in [2.45, 2.75) is 32.4 Å². The minimum atomic E-state index is -2.90. The smallest absolute Gasteiger partial charge is 0.325 e. The third-order valence-electron chi connectivity index (χ3n) is 4.50. The first-order valence-electron chi connectivity index (χ1n) is 7.52. The minimum Gasteiger partial charge on any atom is -0.480 e. The fraction of sp³-hybridized carbons (Fsp3) is 0.714. The lowest BCUT2D eigenvalue weighted by atomic mass is 9.97. The van der Waals surface area contributed by atoms with Gasteiger partial charge in [0, 0.05) is 30.8 Å². The van der Waals surface area contributed by atoms with Gasteiger partial charge in [-0.05, 0) is 25.8 Å². The van der Waals surface area contributed by atoms with Crippen LogP contribution in [0.3, 0.4) is 0 Å². The summed E-state index contributed by atoms with van der Waals surface area (Å²) in [6, 6.07) is 0. The molecule has 22 heavy (non-hydrogen) atoms. The molecule has 1 fully saturated rings. The van der Waals surface area contributed by atoms with Crippen molar-refractivity contribution in [1.82, 2.24) is 14.7 Å². The number of carboxylic acids is 1. The number of nitrogens with zero attached hydrogens (tertiary/aromatic N) is 3. The van der Waals surface area contributed by atoms with Crippen LogP contribution < -0.4 is 0 Å². The summed E-state index contributed by atoms with van der Waals surface area (Å²) in [6.45, 7) is 1.51. The SMILES string of the molecule is CN1CCc2c(c(CC3CCS(=O)(=O)C3)nn2CC(=O)O)C1.